The Morgan fingerprint density at radius 3 is 2.22 bits per heavy atom. The van der Waals surface area contributed by atoms with Crippen LogP contribution in [0.3, 0.4) is 0 Å². The molecule has 0 N–H and O–H groups in total. The van der Waals surface area contributed by atoms with Crippen LogP contribution >= 0.6 is 0 Å². The Hall–Kier alpha value is -3.06. The fraction of sp³-hybridized carbons (Fsp3) is 0.290. The molecule has 3 unspecified atom stereocenters. The Bertz CT molecular complexity index is 1250. The first-order valence-electron chi connectivity index (χ1n) is 12.0. The van der Waals surface area contributed by atoms with E-state index in [1.165, 1.54) is 33.5 Å². The third-order valence-electron chi connectivity index (χ3n) is 7.91. The Labute approximate surface area is 192 Å². The average molecular weight is 418 g/mol. The van der Waals surface area contributed by atoms with Gasteiger partial charge in [0, 0.05) is 23.6 Å². The SMILES string of the molecule is CCN(c1ccccc1)C1c2ccc3c(c21)C(C)(C)C1=CC(c2ccccc2)C(C)C=C13. The van der Waals surface area contributed by atoms with E-state index in [4.69, 9.17) is 0 Å². The molecule has 0 radical (unpaired) electrons. The molecule has 3 aromatic carbocycles. The molecule has 3 aliphatic rings. The van der Waals surface area contributed by atoms with Gasteiger partial charge in [-0.2, -0.15) is 0 Å². The van der Waals surface area contributed by atoms with Crippen LogP contribution in [0, 0.1) is 5.92 Å². The van der Waals surface area contributed by atoms with Gasteiger partial charge >= 0.3 is 0 Å². The van der Waals surface area contributed by atoms with Crippen LogP contribution in [0.15, 0.2) is 90.5 Å². The third-order valence-corrected chi connectivity index (χ3v) is 7.91. The summed E-state index contributed by atoms with van der Waals surface area (Å²) in [5.74, 6) is 0.938. The Balaban J connectivity index is 1.44. The minimum absolute atomic E-state index is 0.0323. The standard InChI is InChI=1S/C31H31N/c1-5-32(22-14-10-7-11-15-22)30-24-17-16-23-26-18-20(2)25(21-12-8-6-9-13-21)19-27(26)31(3,4)29(23)28(24)30/h6-20,25,30H,5H2,1-4H3. The molecule has 1 nitrogen and oxygen atoms in total. The molecule has 0 aromatic heterocycles. The van der Waals surface area contributed by atoms with Crippen molar-refractivity contribution >= 4 is 11.3 Å². The number of fused-ring (bicyclic) bond motifs is 5. The van der Waals surface area contributed by atoms with E-state index < -0.39 is 0 Å². The van der Waals surface area contributed by atoms with Crippen molar-refractivity contribution < 1.29 is 0 Å². The summed E-state index contributed by atoms with van der Waals surface area (Å²) in [5, 5.41) is 0. The van der Waals surface area contributed by atoms with E-state index in [0.717, 1.165) is 6.54 Å². The van der Waals surface area contributed by atoms with Crippen LogP contribution in [0.1, 0.15) is 67.5 Å². The minimum Gasteiger partial charge on any atom is -0.361 e. The molecule has 1 heteroatoms. The van der Waals surface area contributed by atoms with Gasteiger partial charge in [0.25, 0.3) is 0 Å². The minimum atomic E-state index is 0.0323. The summed E-state index contributed by atoms with van der Waals surface area (Å²) in [6.45, 7) is 10.5. The van der Waals surface area contributed by atoms with Crippen molar-refractivity contribution in [2.75, 3.05) is 11.4 Å². The lowest BCUT2D eigenvalue weighted by atomic mass is 9.74. The molecule has 0 heterocycles. The molecule has 3 aromatic rings. The van der Waals surface area contributed by atoms with Gasteiger partial charge in [0.05, 0.1) is 6.04 Å². The summed E-state index contributed by atoms with van der Waals surface area (Å²) in [4.78, 5) is 2.56. The van der Waals surface area contributed by atoms with E-state index >= 15 is 0 Å². The maximum Gasteiger partial charge on any atom is 0.0806 e. The van der Waals surface area contributed by atoms with Crippen LogP contribution in [-0.4, -0.2) is 6.54 Å². The monoisotopic (exact) mass is 417 g/mol. The average Bonchev–Trinajstić information content (AvgIpc) is 3.48. The highest BCUT2D eigenvalue weighted by molar-refractivity contribution is 5.93. The van der Waals surface area contributed by atoms with Gasteiger partial charge in [-0.1, -0.05) is 93.6 Å². The summed E-state index contributed by atoms with van der Waals surface area (Å²) in [6.07, 6.45) is 5.12. The van der Waals surface area contributed by atoms with E-state index in [1.807, 2.05) is 0 Å². The molecule has 0 amide bonds. The smallest absolute Gasteiger partial charge is 0.0806 e. The van der Waals surface area contributed by atoms with Crippen molar-refractivity contribution in [2.24, 2.45) is 5.92 Å². The molecule has 160 valence electrons. The number of anilines is 1. The molecule has 0 saturated carbocycles. The quantitative estimate of drug-likeness (QED) is 0.421. The lowest BCUT2D eigenvalue weighted by Crippen LogP contribution is -2.23. The molecule has 0 saturated heterocycles. The second-order valence-corrected chi connectivity index (χ2v) is 10.1. The zero-order valence-corrected chi connectivity index (χ0v) is 19.5. The van der Waals surface area contributed by atoms with Gasteiger partial charge in [-0.15, -0.1) is 0 Å². The first-order valence-corrected chi connectivity index (χ1v) is 12.0. The van der Waals surface area contributed by atoms with Crippen LogP contribution < -0.4 is 4.90 Å². The van der Waals surface area contributed by atoms with Gasteiger partial charge in [-0.25, -0.2) is 0 Å². The number of hydrogen-bond acceptors (Lipinski definition) is 1. The first kappa shape index (κ1) is 19.6. The first-order chi connectivity index (χ1) is 15.5. The molecular weight excluding hydrogens is 386 g/mol. The summed E-state index contributed by atoms with van der Waals surface area (Å²) >= 11 is 0. The zero-order valence-electron chi connectivity index (χ0n) is 19.5. The van der Waals surface area contributed by atoms with Crippen molar-refractivity contribution in [1.29, 1.82) is 0 Å². The molecule has 0 fully saturated rings. The van der Waals surface area contributed by atoms with Gasteiger partial charge in [-0.3, -0.25) is 0 Å². The normalized spacial score (nSPS) is 24.1. The summed E-state index contributed by atoms with van der Waals surface area (Å²) in [5.41, 5.74) is 11.9. The van der Waals surface area contributed by atoms with E-state index in [9.17, 15) is 0 Å². The molecule has 32 heavy (non-hydrogen) atoms. The molecule has 3 aliphatic carbocycles. The molecule has 6 rings (SSSR count). The van der Waals surface area contributed by atoms with Gasteiger partial charge in [0.1, 0.15) is 0 Å². The van der Waals surface area contributed by atoms with Crippen molar-refractivity contribution in [2.45, 2.75) is 45.1 Å². The van der Waals surface area contributed by atoms with Gasteiger partial charge in [0.15, 0.2) is 0 Å². The van der Waals surface area contributed by atoms with Crippen molar-refractivity contribution in [3.05, 3.63) is 118 Å². The Kier molecular flexibility index (Phi) is 4.27. The Morgan fingerprint density at radius 2 is 1.53 bits per heavy atom. The van der Waals surface area contributed by atoms with Crippen LogP contribution in [0.4, 0.5) is 5.69 Å². The van der Waals surface area contributed by atoms with E-state index in [1.54, 1.807) is 11.1 Å². The number of hydrogen-bond donors (Lipinski definition) is 0. The predicted molar refractivity (Wildman–Crippen MR) is 135 cm³/mol. The van der Waals surface area contributed by atoms with Gasteiger partial charge in [-0.05, 0) is 63.9 Å². The number of benzene rings is 3. The molecule has 0 bridgehead atoms. The second kappa shape index (κ2) is 6.97. The summed E-state index contributed by atoms with van der Waals surface area (Å²) in [7, 11) is 0. The molecule has 0 spiro atoms. The fourth-order valence-electron chi connectivity index (χ4n) is 6.31. The molecular formula is C31H31N. The molecule has 3 atom stereocenters. The van der Waals surface area contributed by atoms with Crippen LogP contribution in [0.25, 0.3) is 5.57 Å². The topological polar surface area (TPSA) is 3.24 Å². The number of para-hydroxylation sites is 1. The van der Waals surface area contributed by atoms with E-state index in [2.05, 4.69) is 118 Å². The highest BCUT2D eigenvalue weighted by atomic mass is 15.2. The van der Waals surface area contributed by atoms with Crippen molar-refractivity contribution in [3.63, 3.8) is 0 Å². The number of allylic oxidation sites excluding steroid dienone is 4. The Morgan fingerprint density at radius 1 is 0.844 bits per heavy atom. The maximum atomic E-state index is 2.58. The molecule has 0 aliphatic heterocycles. The fourth-order valence-corrected chi connectivity index (χ4v) is 6.31. The summed E-state index contributed by atoms with van der Waals surface area (Å²) in [6, 6.07) is 27.1. The zero-order chi connectivity index (χ0) is 22.0. The predicted octanol–water partition coefficient (Wildman–Crippen LogP) is 7.65. The van der Waals surface area contributed by atoms with Crippen LogP contribution in [-0.2, 0) is 5.41 Å². The largest absolute Gasteiger partial charge is 0.361 e. The number of rotatable bonds is 4. The van der Waals surface area contributed by atoms with Crippen molar-refractivity contribution in [1.82, 2.24) is 0 Å². The van der Waals surface area contributed by atoms with Gasteiger partial charge < -0.3 is 4.90 Å². The van der Waals surface area contributed by atoms with Gasteiger partial charge in [0.2, 0.25) is 0 Å². The lowest BCUT2D eigenvalue weighted by molar-refractivity contribution is 0.599. The second-order valence-electron chi connectivity index (χ2n) is 10.1. The van der Waals surface area contributed by atoms with Crippen LogP contribution in [0.2, 0.25) is 0 Å². The third kappa shape index (κ3) is 2.70. The maximum absolute atomic E-state index is 2.58. The van der Waals surface area contributed by atoms with E-state index in [-0.39, 0.29) is 5.41 Å². The highest BCUT2D eigenvalue weighted by Crippen LogP contribution is 2.61. The van der Waals surface area contributed by atoms with E-state index in [0.29, 0.717) is 17.9 Å². The number of nitrogens with zero attached hydrogens (tertiary/aromatic N) is 1. The summed E-state index contributed by atoms with van der Waals surface area (Å²) < 4.78 is 0. The van der Waals surface area contributed by atoms with Crippen molar-refractivity contribution in [3.8, 4) is 0 Å². The lowest BCUT2D eigenvalue weighted by Gasteiger charge is -2.30. The van der Waals surface area contributed by atoms with Crippen LogP contribution in [0.5, 0.6) is 0 Å². The highest BCUT2D eigenvalue weighted by Gasteiger charge is 2.50.